The number of amides is 2. The van der Waals surface area contributed by atoms with Crippen molar-refractivity contribution in [3.63, 3.8) is 0 Å². The van der Waals surface area contributed by atoms with Gasteiger partial charge in [0.05, 0.1) is 11.4 Å². The highest BCUT2D eigenvalue weighted by Gasteiger charge is 2.08. The molecule has 1 aromatic rings. The molecule has 6 heteroatoms. The van der Waals surface area contributed by atoms with Crippen molar-refractivity contribution in [2.24, 2.45) is 5.92 Å². The second-order valence-corrected chi connectivity index (χ2v) is 5.78. The Bertz CT molecular complexity index is 405. The maximum absolute atomic E-state index is 11.6. The van der Waals surface area contributed by atoms with Gasteiger partial charge in [-0.1, -0.05) is 19.9 Å². The van der Waals surface area contributed by atoms with Crippen molar-refractivity contribution in [2.75, 3.05) is 26.3 Å². The summed E-state index contributed by atoms with van der Waals surface area (Å²) in [4.78, 5) is 23.7. The van der Waals surface area contributed by atoms with Crippen LogP contribution in [-0.4, -0.2) is 38.1 Å². The van der Waals surface area contributed by atoms with Gasteiger partial charge < -0.3 is 15.4 Å². The lowest BCUT2D eigenvalue weighted by atomic mass is 10.2. The van der Waals surface area contributed by atoms with Crippen molar-refractivity contribution in [1.29, 1.82) is 0 Å². The third-order valence-electron chi connectivity index (χ3n) is 2.39. The van der Waals surface area contributed by atoms with E-state index in [1.54, 1.807) is 12.1 Å². The highest BCUT2D eigenvalue weighted by Crippen LogP contribution is 2.07. The Hall–Kier alpha value is -1.40. The van der Waals surface area contributed by atoms with Crippen molar-refractivity contribution in [2.45, 2.75) is 20.3 Å². The Morgan fingerprint density at radius 1 is 1.35 bits per heavy atom. The largest absolute Gasteiger partial charge is 0.381 e. The maximum Gasteiger partial charge on any atom is 0.261 e. The average molecular weight is 298 g/mol. The van der Waals surface area contributed by atoms with Crippen LogP contribution >= 0.6 is 11.3 Å². The average Bonchev–Trinajstić information content (AvgIpc) is 2.93. The first-order chi connectivity index (χ1) is 9.59. The molecule has 0 aliphatic heterocycles. The predicted octanol–water partition coefficient (Wildman–Crippen LogP) is 1.66. The quantitative estimate of drug-likeness (QED) is 0.681. The van der Waals surface area contributed by atoms with Crippen LogP contribution < -0.4 is 10.6 Å². The third-order valence-corrected chi connectivity index (χ3v) is 3.26. The number of hydrogen-bond acceptors (Lipinski definition) is 4. The van der Waals surface area contributed by atoms with Gasteiger partial charge in [-0.25, -0.2) is 0 Å². The standard InChI is InChI=1S/C14H22N2O3S/c1-11(2)10-19-7-4-6-15-13(17)9-16-14(18)12-5-3-8-20-12/h3,5,8,11H,4,6-7,9-10H2,1-2H3,(H,15,17)(H,16,18). The van der Waals surface area contributed by atoms with Crippen molar-refractivity contribution in [3.8, 4) is 0 Å². The summed E-state index contributed by atoms with van der Waals surface area (Å²) in [6.07, 6.45) is 0.775. The zero-order valence-corrected chi connectivity index (χ0v) is 12.8. The summed E-state index contributed by atoms with van der Waals surface area (Å²) in [5.41, 5.74) is 0. The van der Waals surface area contributed by atoms with Gasteiger partial charge in [-0.15, -0.1) is 11.3 Å². The zero-order valence-electron chi connectivity index (χ0n) is 12.0. The maximum atomic E-state index is 11.6. The van der Waals surface area contributed by atoms with Crippen molar-refractivity contribution < 1.29 is 14.3 Å². The molecule has 0 saturated heterocycles. The molecule has 0 saturated carbocycles. The van der Waals surface area contributed by atoms with Crippen LogP contribution in [0.4, 0.5) is 0 Å². The Morgan fingerprint density at radius 3 is 2.80 bits per heavy atom. The fourth-order valence-electron chi connectivity index (χ4n) is 1.44. The molecule has 0 spiro atoms. The lowest BCUT2D eigenvalue weighted by Gasteiger charge is -2.08. The third kappa shape index (κ3) is 7.25. The smallest absolute Gasteiger partial charge is 0.261 e. The minimum absolute atomic E-state index is 0.00356. The van der Waals surface area contributed by atoms with E-state index < -0.39 is 0 Å². The summed E-state index contributed by atoms with van der Waals surface area (Å²) in [6.45, 7) is 6.14. The summed E-state index contributed by atoms with van der Waals surface area (Å²) in [6, 6.07) is 3.53. The second-order valence-electron chi connectivity index (χ2n) is 4.83. The minimum Gasteiger partial charge on any atom is -0.381 e. The second kappa shape index (κ2) is 9.50. The molecule has 0 unspecified atom stereocenters. The van der Waals surface area contributed by atoms with Crippen LogP contribution in [-0.2, 0) is 9.53 Å². The van der Waals surface area contributed by atoms with Crippen LogP contribution in [0, 0.1) is 5.92 Å². The summed E-state index contributed by atoms with van der Waals surface area (Å²) < 4.78 is 5.40. The van der Waals surface area contributed by atoms with E-state index >= 15 is 0 Å². The van der Waals surface area contributed by atoms with Gasteiger partial charge in [0.2, 0.25) is 5.91 Å². The number of carbonyl (C=O) groups excluding carboxylic acids is 2. The molecule has 0 fully saturated rings. The molecule has 1 aromatic heterocycles. The van der Waals surface area contributed by atoms with Crippen LogP contribution in [0.25, 0.3) is 0 Å². The Balaban J connectivity index is 2.02. The molecular weight excluding hydrogens is 276 g/mol. The van der Waals surface area contributed by atoms with Gasteiger partial charge in [-0.05, 0) is 23.8 Å². The lowest BCUT2D eigenvalue weighted by Crippen LogP contribution is -2.37. The van der Waals surface area contributed by atoms with Gasteiger partial charge in [0.1, 0.15) is 0 Å². The predicted molar refractivity (Wildman–Crippen MR) is 79.9 cm³/mol. The fraction of sp³-hybridized carbons (Fsp3) is 0.571. The first kappa shape index (κ1) is 16.7. The molecule has 112 valence electrons. The van der Waals surface area contributed by atoms with E-state index in [1.165, 1.54) is 11.3 Å². The summed E-state index contributed by atoms with van der Waals surface area (Å²) in [5.74, 6) is 0.131. The van der Waals surface area contributed by atoms with E-state index in [0.29, 0.717) is 23.9 Å². The van der Waals surface area contributed by atoms with Crippen molar-refractivity contribution in [1.82, 2.24) is 10.6 Å². The molecule has 0 aliphatic rings. The van der Waals surface area contributed by atoms with Gasteiger partial charge in [0.25, 0.3) is 5.91 Å². The number of rotatable bonds is 9. The lowest BCUT2D eigenvalue weighted by molar-refractivity contribution is -0.120. The van der Waals surface area contributed by atoms with Crippen molar-refractivity contribution in [3.05, 3.63) is 22.4 Å². The number of carbonyl (C=O) groups is 2. The van der Waals surface area contributed by atoms with Crippen LogP contribution in [0.5, 0.6) is 0 Å². The van der Waals surface area contributed by atoms with Gasteiger partial charge in [0.15, 0.2) is 0 Å². The summed E-state index contributed by atoms with van der Waals surface area (Å²) in [5, 5.41) is 7.15. The normalized spacial score (nSPS) is 10.6. The van der Waals surface area contributed by atoms with Crippen LogP contribution in [0.2, 0.25) is 0 Å². The van der Waals surface area contributed by atoms with Gasteiger partial charge in [-0.3, -0.25) is 9.59 Å². The van der Waals surface area contributed by atoms with Gasteiger partial charge in [-0.2, -0.15) is 0 Å². The molecule has 0 radical (unpaired) electrons. The molecule has 0 aromatic carbocycles. The Kier molecular flexibility index (Phi) is 7.91. The van der Waals surface area contributed by atoms with E-state index in [4.69, 9.17) is 4.74 Å². The molecule has 0 bridgehead atoms. The van der Waals surface area contributed by atoms with Crippen LogP contribution in [0.3, 0.4) is 0 Å². The molecule has 20 heavy (non-hydrogen) atoms. The van der Waals surface area contributed by atoms with Gasteiger partial charge in [0, 0.05) is 19.8 Å². The number of nitrogens with one attached hydrogen (secondary N) is 2. The first-order valence-electron chi connectivity index (χ1n) is 6.75. The molecule has 2 amide bonds. The Labute approximate surface area is 123 Å². The molecule has 1 rings (SSSR count). The SMILES string of the molecule is CC(C)COCCCNC(=O)CNC(=O)c1cccs1. The molecule has 0 aliphatic carbocycles. The molecule has 1 heterocycles. The summed E-state index contributed by atoms with van der Waals surface area (Å²) >= 11 is 1.35. The number of hydrogen-bond donors (Lipinski definition) is 2. The minimum atomic E-state index is -0.213. The van der Waals surface area contributed by atoms with Crippen molar-refractivity contribution >= 4 is 23.2 Å². The highest BCUT2D eigenvalue weighted by molar-refractivity contribution is 7.12. The number of thiophene rings is 1. The van der Waals surface area contributed by atoms with E-state index in [1.807, 2.05) is 5.38 Å². The molecule has 2 N–H and O–H groups in total. The first-order valence-corrected chi connectivity index (χ1v) is 7.63. The zero-order chi connectivity index (χ0) is 14.8. The molecule has 5 nitrogen and oxygen atoms in total. The van der Waals surface area contributed by atoms with E-state index in [9.17, 15) is 9.59 Å². The Morgan fingerprint density at radius 2 is 2.15 bits per heavy atom. The van der Waals surface area contributed by atoms with Gasteiger partial charge >= 0.3 is 0 Å². The fourth-order valence-corrected chi connectivity index (χ4v) is 2.08. The molecule has 0 atom stereocenters. The topological polar surface area (TPSA) is 67.4 Å². The van der Waals surface area contributed by atoms with Crippen LogP contribution in [0.1, 0.15) is 29.9 Å². The summed E-state index contributed by atoms with van der Waals surface area (Å²) in [7, 11) is 0. The monoisotopic (exact) mass is 298 g/mol. The molecular formula is C14H22N2O3S. The number of ether oxygens (including phenoxy) is 1. The van der Waals surface area contributed by atoms with E-state index in [-0.39, 0.29) is 18.4 Å². The van der Waals surface area contributed by atoms with E-state index in [2.05, 4.69) is 24.5 Å². The highest BCUT2D eigenvalue weighted by atomic mass is 32.1. The van der Waals surface area contributed by atoms with E-state index in [0.717, 1.165) is 13.0 Å². The van der Waals surface area contributed by atoms with Crippen LogP contribution in [0.15, 0.2) is 17.5 Å².